The molecule has 104 valence electrons. The van der Waals surface area contributed by atoms with Crippen molar-refractivity contribution >= 4 is 17.6 Å². The SMILES string of the molecule is COCC(C)NC(=O)COC(=O)c1ccc(N)cn1. The number of nitrogens with zero attached hydrogens (tertiary/aromatic N) is 1. The van der Waals surface area contributed by atoms with Crippen LogP contribution in [-0.2, 0) is 14.3 Å². The van der Waals surface area contributed by atoms with Crippen molar-refractivity contribution < 1.29 is 19.1 Å². The first-order chi connectivity index (χ1) is 9.02. The van der Waals surface area contributed by atoms with E-state index in [2.05, 4.69) is 10.3 Å². The number of nitrogens with one attached hydrogen (secondary N) is 1. The minimum atomic E-state index is -0.672. The summed E-state index contributed by atoms with van der Waals surface area (Å²) in [5, 5.41) is 2.62. The van der Waals surface area contributed by atoms with Crippen molar-refractivity contribution in [3.05, 3.63) is 24.0 Å². The normalized spacial score (nSPS) is 11.7. The van der Waals surface area contributed by atoms with Crippen LogP contribution in [0.15, 0.2) is 18.3 Å². The Kier molecular flexibility index (Phi) is 5.74. The average molecular weight is 267 g/mol. The average Bonchev–Trinajstić information content (AvgIpc) is 2.37. The number of methoxy groups -OCH3 is 1. The van der Waals surface area contributed by atoms with Crippen LogP contribution in [0.25, 0.3) is 0 Å². The van der Waals surface area contributed by atoms with E-state index in [4.69, 9.17) is 15.2 Å². The van der Waals surface area contributed by atoms with E-state index in [1.54, 1.807) is 6.92 Å². The molecule has 0 bridgehead atoms. The second kappa shape index (κ2) is 7.32. The minimum Gasteiger partial charge on any atom is -0.451 e. The molecule has 1 heterocycles. The van der Waals surface area contributed by atoms with Crippen LogP contribution >= 0.6 is 0 Å². The van der Waals surface area contributed by atoms with Crippen LogP contribution in [0.4, 0.5) is 5.69 Å². The van der Waals surface area contributed by atoms with Crippen LogP contribution in [0.3, 0.4) is 0 Å². The van der Waals surface area contributed by atoms with Gasteiger partial charge in [-0.2, -0.15) is 0 Å². The van der Waals surface area contributed by atoms with Gasteiger partial charge in [0.15, 0.2) is 6.61 Å². The lowest BCUT2D eigenvalue weighted by Gasteiger charge is -2.12. The molecule has 0 saturated carbocycles. The quantitative estimate of drug-likeness (QED) is 0.702. The molecule has 0 aliphatic heterocycles. The number of carbonyl (C=O) groups excluding carboxylic acids is 2. The number of hydrogen-bond donors (Lipinski definition) is 2. The molecule has 7 heteroatoms. The van der Waals surface area contributed by atoms with Crippen LogP contribution in [0, 0.1) is 0 Å². The number of aromatic nitrogens is 1. The van der Waals surface area contributed by atoms with Crippen LogP contribution in [0.5, 0.6) is 0 Å². The number of nitrogen functional groups attached to an aromatic ring is 1. The van der Waals surface area contributed by atoms with Gasteiger partial charge in [-0.15, -0.1) is 0 Å². The highest BCUT2D eigenvalue weighted by molar-refractivity contribution is 5.89. The smallest absolute Gasteiger partial charge is 0.357 e. The van der Waals surface area contributed by atoms with E-state index in [0.717, 1.165) is 0 Å². The van der Waals surface area contributed by atoms with E-state index in [1.165, 1.54) is 25.4 Å². The van der Waals surface area contributed by atoms with E-state index in [1.807, 2.05) is 0 Å². The summed E-state index contributed by atoms with van der Waals surface area (Å²) in [6.07, 6.45) is 1.34. The Morgan fingerprint density at radius 1 is 1.47 bits per heavy atom. The van der Waals surface area contributed by atoms with Crippen molar-refractivity contribution in [2.75, 3.05) is 26.1 Å². The summed E-state index contributed by atoms with van der Waals surface area (Å²) in [5.41, 5.74) is 5.99. The number of anilines is 1. The van der Waals surface area contributed by atoms with E-state index in [9.17, 15) is 9.59 Å². The fourth-order valence-corrected chi connectivity index (χ4v) is 1.34. The van der Waals surface area contributed by atoms with Gasteiger partial charge in [0, 0.05) is 13.2 Å². The third-order valence-electron chi connectivity index (χ3n) is 2.15. The third kappa shape index (κ3) is 5.35. The first-order valence-corrected chi connectivity index (χ1v) is 5.70. The number of pyridine rings is 1. The summed E-state index contributed by atoms with van der Waals surface area (Å²) in [4.78, 5) is 26.8. The zero-order chi connectivity index (χ0) is 14.3. The van der Waals surface area contributed by atoms with Crippen molar-refractivity contribution in [3.8, 4) is 0 Å². The maximum Gasteiger partial charge on any atom is 0.357 e. The van der Waals surface area contributed by atoms with Crippen LogP contribution in [0.2, 0.25) is 0 Å². The van der Waals surface area contributed by atoms with Gasteiger partial charge in [0.2, 0.25) is 0 Å². The largest absolute Gasteiger partial charge is 0.451 e. The molecule has 19 heavy (non-hydrogen) atoms. The highest BCUT2D eigenvalue weighted by Gasteiger charge is 2.12. The van der Waals surface area contributed by atoms with Gasteiger partial charge in [-0.3, -0.25) is 4.79 Å². The molecule has 1 unspecified atom stereocenters. The Morgan fingerprint density at radius 3 is 2.79 bits per heavy atom. The van der Waals surface area contributed by atoms with Gasteiger partial charge in [-0.25, -0.2) is 9.78 Å². The van der Waals surface area contributed by atoms with E-state index < -0.39 is 11.9 Å². The molecule has 1 aromatic rings. The van der Waals surface area contributed by atoms with Gasteiger partial charge >= 0.3 is 5.97 Å². The monoisotopic (exact) mass is 267 g/mol. The molecule has 1 aromatic heterocycles. The Labute approximate surface area is 111 Å². The lowest BCUT2D eigenvalue weighted by atomic mass is 10.3. The molecule has 0 aliphatic rings. The first kappa shape index (κ1) is 14.9. The van der Waals surface area contributed by atoms with Crippen molar-refractivity contribution in [1.82, 2.24) is 10.3 Å². The van der Waals surface area contributed by atoms with Gasteiger partial charge in [-0.05, 0) is 19.1 Å². The number of nitrogens with two attached hydrogens (primary N) is 1. The Morgan fingerprint density at radius 2 is 2.21 bits per heavy atom. The standard InChI is InChI=1S/C12H17N3O4/c1-8(6-18-2)15-11(16)7-19-12(17)10-4-3-9(13)5-14-10/h3-5,8H,6-7,13H2,1-2H3,(H,15,16). The second-order valence-electron chi connectivity index (χ2n) is 3.98. The van der Waals surface area contributed by atoms with Crippen molar-refractivity contribution in [3.63, 3.8) is 0 Å². The molecule has 0 spiro atoms. The Bertz CT molecular complexity index is 433. The molecule has 0 aliphatic carbocycles. The van der Waals surface area contributed by atoms with Gasteiger partial charge in [0.25, 0.3) is 5.91 Å². The molecular formula is C12H17N3O4. The second-order valence-corrected chi connectivity index (χ2v) is 3.98. The van der Waals surface area contributed by atoms with E-state index >= 15 is 0 Å². The molecule has 7 nitrogen and oxygen atoms in total. The Balaban J connectivity index is 2.37. The summed E-state index contributed by atoms with van der Waals surface area (Å²) < 4.78 is 9.68. The maximum atomic E-state index is 11.5. The topological polar surface area (TPSA) is 104 Å². The molecule has 1 amide bonds. The van der Waals surface area contributed by atoms with Crippen LogP contribution in [0.1, 0.15) is 17.4 Å². The fraction of sp³-hybridized carbons (Fsp3) is 0.417. The highest BCUT2D eigenvalue weighted by atomic mass is 16.5. The number of esters is 1. The Hall–Kier alpha value is -2.15. The van der Waals surface area contributed by atoms with Crippen molar-refractivity contribution in [2.24, 2.45) is 0 Å². The summed E-state index contributed by atoms with van der Waals surface area (Å²) >= 11 is 0. The van der Waals surface area contributed by atoms with Gasteiger partial charge in [0.05, 0.1) is 18.5 Å². The predicted octanol–water partition coefficient (Wildman–Crippen LogP) is -0.0283. The number of hydrogen-bond acceptors (Lipinski definition) is 6. The number of rotatable bonds is 6. The number of amides is 1. The molecule has 0 aromatic carbocycles. The maximum absolute atomic E-state index is 11.5. The van der Waals surface area contributed by atoms with Gasteiger partial charge in [-0.1, -0.05) is 0 Å². The summed E-state index contributed by atoms with van der Waals surface area (Å²) in [6.45, 7) is 1.81. The van der Waals surface area contributed by atoms with E-state index in [-0.39, 0.29) is 18.3 Å². The predicted molar refractivity (Wildman–Crippen MR) is 68.4 cm³/mol. The van der Waals surface area contributed by atoms with Crippen molar-refractivity contribution in [1.29, 1.82) is 0 Å². The van der Waals surface area contributed by atoms with Gasteiger partial charge < -0.3 is 20.5 Å². The third-order valence-corrected chi connectivity index (χ3v) is 2.15. The van der Waals surface area contributed by atoms with Crippen LogP contribution in [-0.4, -0.2) is 43.2 Å². The zero-order valence-electron chi connectivity index (χ0n) is 10.9. The molecular weight excluding hydrogens is 250 g/mol. The molecule has 0 fully saturated rings. The number of ether oxygens (including phenoxy) is 2. The molecule has 0 radical (unpaired) electrons. The number of carbonyl (C=O) groups is 2. The minimum absolute atomic E-state index is 0.104. The lowest BCUT2D eigenvalue weighted by Crippen LogP contribution is -2.38. The summed E-state index contributed by atoms with van der Waals surface area (Å²) in [7, 11) is 1.54. The highest BCUT2D eigenvalue weighted by Crippen LogP contribution is 2.02. The molecule has 1 atom stereocenters. The zero-order valence-corrected chi connectivity index (χ0v) is 10.9. The summed E-state index contributed by atoms with van der Waals surface area (Å²) in [5.74, 6) is -1.07. The molecule has 3 N–H and O–H groups in total. The first-order valence-electron chi connectivity index (χ1n) is 5.70. The fourth-order valence-electron chi connectivity index (χ4n) is 1.34. The van der Waals surface area contributed by atoms with Gasteiger partial charge in [0.1, 0.15) is 5.69 Å². The molecule has 1 rings (SSSR count). The summed E-state index contributed by atoms with van der Waals surface area (Å²) in [6, 6.07) is 2.82. The van der Waals surface area contributed by atoms with Crippen LogP contribution < -0.4 is 11.1 Å². The lowest BCUT2D eigenvalue weighted by molar-refractivity contribution is -0.125. The molecule has 0 saturated heterocycles. The van der Waals surface area contributed by atoms with E-state index in [0.29, 0.717) is 12.3 Å². The van der Waals surface area contributed by atoms with Crippen molar-refractivity contribution in [2.45, 2.75) is 13.0 Å².